The zero-order chi connectivity index (χ0) is 17.8. The molecule has 1 aliphatic heterocycles. The maximum absolute atomic E-state index is 12.9. The molecule has 2 aromatic rings. The van der Waals surface area contributed by atoms with Crippen LogP contribution < -0.4 is 11.1 Å². The number of rotatable bonds is 4. The van der Waals surface area contributed by atoms with Crippen molar-refractivity contribution in [1.82, 2.24) is 9.88 Å². The van der Waals surface area contributed by atoms with E-state index >= 15 is 0 Å². The minimum absolute atomic E-state index is 0. The predicted molar refractivity (Wildman–Crippen MR) is 111 cm³/mol. The van der Waals surface area contributed by atoms with Gasteiger partial charge in [0.2, 0.25) is 0 Å². The molecule has 27 heavy (non-hydrogen) atoms. The Morgan fingerprint density at radius 1 is 1.22 bits per heavy atom. The zero-order valence-electron chi connectivity index (χ0n) is 15.1. The van der Waals surface area contributed by atoms with Gasteiger partial charge in [0.1, 0.15) is 0 Å². The van der Waals surface area contributed by atoms with Crippen molar-refractivity contribution < 1.29 is 9.59 Å². The Hall–Kier alpha value is -2.15. The van der Waals surface area contributed by atoms with Gasteiger partial charge in [-0.3, -0.25) is 14.6 Å². The first-order valence-electron chi connectivity index (χ1n) is 8.40. The van der Waals surface area contributed by atoms with Crippen molar-refractivity contribution in [3.63, 3.8) is 0 Å². The summed E-state index contributed by atoms with van der Waals surface area (Å²) in [7, 11) is 0. The molecule has 1 saturated heterocycles. The topological polar surface area (TPSA) is 88.3 Å². The number of amides is 2. The zero-order valence-corrected chi connectivity index (χ0v) is 16.7. The number of nitrogens with zero attached hydrogens (tertiary/aromatic N) is 2. The Bertz CT molecular complexity index is 787. The molecule has 1 aromatic heterocycles. The van der Waals surface area contributed by atoms with Crippen LogP contribution in [0.25, 0.3) is 0 Å². The summed E-state index contributed by atoms with van der Waals surface area (Å²) >= 11 is 0. The lowest BCUT2D eigenvalue weighted by Gasteiger charge is -2.20. The van der Waals surface area contributed by atoms with Gasteiger partial charge in [-0.1, -0.05) is 12.1 Å². The van der Waals surface area contributed by atoms with Gasteiger partial charge in [-0.05, 0) is 49.6 Å². The standard InChI is InChI=1S/C19H22N4O2.2ClH/c1-13-3-2-4-16(19(25)23-10-7-14(11-20)12-23)17(13)22-18(24)15-5-8-21-9-6-15;;/h2-6,8-9,14H,7,10-12,20H2,1H3,(H,22,24);2*1H. The molecular weight excluding hydrogens is 387 g/mol. The number of hydrogen-bond acceptors (Lipinski definition) is 4. The van der Waals surface area contributed by atoms with Crippen molar-refractivity contribution in [2.75, 3.05) is 25.0 Å². The summed E-state index contributed by atoms with van der Waals surface area (Å²) in [4.78, 5) is 31.1. The second-order valence-electron chi connectivity index (χ2n) is 6.33. The normalized spacial score (nSPS) is 15.5. The van der Waals surface area contributed by atoms with Crippen LogP contribution in [-0.4, -0.2) is 41.3 Å². The van der Waals surface area contributed by atoms with Crippen LogP contribution in [0, 0.1) is 12.8 Å². The number of hydrogen-bond donors (Lipinski definition) is 2. The third kappa shape index (κ3) is 5.19. The summed E-state index contributed by atoms with van der Waals surface area (Å²) in [5.41, 5.74) is 8.14. The summed E-state index contributed by atoms with van der Waals surface area (Å²) in [5, 5.41) is 2.89. The largest absolute Gasteiger partial charge is 0.338 e. The molecule has 0 radical (unpaired) electrons. The maximum Gasteiger partial charge on any atom is 0.255 e. The molecule has 3 rings (SSSR count). The first-order chi connectivity index (χ1) is 12.1. The molecule has 2 heterocycles. The van der Waals surface area contributed by atoms with E-state index < -0.39 is 0 Å². The highest BCUT2D eigenvalue weighted by Gasteiger charge is 2.28. The minimum Gasteiger partial charge on any atom is -0.338 e. The Labute approximate surface area is 171 Å². The molecule has 1 aliphatic rings. The van der Waals surface area contributed by atoms with Gasteiger partial charge < -0.3 is 16.0 Å². The summed E-state index contributed by atoms with van der Waals surface area (Å²) in [6.07, 6.45) is 4.05. The third-order valence-electron chi connectivity index (χ3n) is 4.59. The van der Waals surface area contributed by atoms with Crippen LogP contribution in [0.1, 0.15) is 32.7 Å². The number of benzene rings is 1. The van der Waals surface area contributed by atoms with E-state index in [0.29, 0.717) is 42.4 Å². The van der Waals surface area contributed by atoms with Crippen molar-refractivity contribution in [2.24, 2.45) is 11.7 Å². The van der Waals surface area contributed by atoms with Gasteiger partial charge in [0, 0.05) is 31.0 Å². The first kappa shape index (κ1) is 22.9. The molecule has 1 unspecified atom stereocenters. The molecule has 0 saturated carbocycles. The number of likely N-dealkylation sites (tertiary alicyclic amines) is 1. The number of halogens is 2. The molecular formula is C19H24Cl2N4O2. The van der Waals surface area contributed by atoms with Gasteiger partial charge in [-0.2, -0.15) is 0 Å². The molecule has 0 spiro atoms. The molecule has 0 bridgehead atoms. The molecule has 146 valence electrons. The first-order valence-corrected chi connectivity index (χ1v) is 8.40. The summed E-state index contributed by atoms with van der Waals surface area (Å²) in [6.45, 7) is 3.84. The number of para-hydroxylation sites is 1. The lowest BCUT2D eigenvalue weighted by Crippen LogP contribution is -2.31. The van der Waals surface area contributed by atoms with Crippen molar-refractivity contribution in [3.8, 4) is 0 Å². The van der Waals surface area contributed by atoms with E-state index in [4.69, 9.17) is 5.73 Å². The molecule has 6 nitrogen and oxygen atoms in total. The van der Waals surface area contributed by atoms with Gasteiger partial charge in [0.05, 0.1) is 11.3 Å². The molecule has 8 heteroatoms. The van der Waals surface area contributed by atoms with E-state index in [9.17, 15) is 9.59 Å². The second kappa shape index (κ2) is 10.3. The fraction of sp³-hybridized carbons (Fsp3) is 0.316. The quantitative estimate of drug-likeness (QED) is 0.810. The van der Waals surface area contributed by atoms with E-state index in [1.165, 1.54) is 0 Å². The minimum atomic E-state index is -0.257. The number of nitrogens with two attached hydrogens (primary N) is 1. The van der Waals surface area contributed by atoms with Crippen LogP contribution in [-0.2, 0) is 0 Å². The van der Waals surface area contributed by atoms with Crippen molar-refractivity contribution in [3.05, 3.63) is 59.4 Å². The molecule has 0 aliphatic carbocycles. The monoisotopic (exact) mass is 410 g/mol. The number of pyridine rings is 1. The van der Waals surface area contributed by atoms with E-state index in [-0.39, 0.29) is 36.6 Å². The van der Waals surface area contributed by atoms with Gasteiger partial charge in [0.25, 0.3) is 11.8 Å². The summed E-state index contributed by atoms with van der Waals surface area (Å²) < 4.78 is 0. The Morgan fingerprint density at radius 2 is 1.93 bits per heavy atom. The van der Waals surface area contributed by atoms with E-state index in [0.717, 1.165) is 12.0 Å². The lowest BCUT2D eigenvalue weighted by molar-refractivity contribution is 0.0788. The molecule has 1 fully saturated rings. The Morgan fingerprint density at radius 3 is 2.56 bits per heavy atom. The highest BCUT2D eigenvalue weighted by atomic mass is 35.5. The summed E-state index contributed by atoms with van der Waals surface area (Å²) in [6, 6.07) is 8.75. The van der Waals surface area contributed by atoms with Crippen molar-refractivity contribution in [2.45, 2.75) is 13.3 Å². The van der Waals surface area contributed by atoms with Crippen LogP contribution in [0.5, 0.6) is 0 Å². The fourth-order valence-electron chi connectivity index (χ4n) is 3.08. The number of carbonyl (C=O) groups is 2. The van der Waals surface area contributed by atoms with Crippen LogP contribution in [0.3, 0.4) is 0 Å². The van der Waals surface area contributed by atoms with E-state index in [1.54, 1.807) is 30.6 Å². The van der Waals surface area contributed by atoms with Crippen molar-refractivity contribution in [1.29, 1.82) is 0 Å². The van der Waals surface area contributed by atoms with Crippen LogP contribution in [0.15, 0.2) is 42.7 Å². The van der Waals surface area contributed by atoms with E-state index in [2.05, 4.69) is 10.3 Å². The second-order valence-corrected chi connectivity index (χ2v) is 6.33. The smallest absolute Gasteiger partial charge is 0.255 e. The SMILES string of the molecule is Cc1cccc(C(=O)N2CCC(CN)C2)c1NC(=O)c1ccncc1.Cl.Cl. The van der Waals surface area contributed by atoms with Crippen molar-refractivity contribution >= 4 is 42.3 Å². The Kier molecular flexibility index (Phi) is 8.69. The Balaban J connectivity index is 0.00000182. The van der Waals surface area contributed by atoms with Crippen LogP contribution in [0.4, 0.5) is 5.69 Å². The van der Waals surface area contributed by atoms with Gasteiger partial charge in [-0.25, -0.2) is 0 Å². The van der Waals surface area contributed by atoms with Gasteiger partial charge >= 0.3 is 0 Å². The predicted octanol–water partition coefficient (Wildman–Crippen LogP) is 2.91. The molecule has 1 aromatic carbocycles. The van der Waals surface area contributed by atoms with Crippen LogP contribution in [0.2, 0.25) is 0 Å². The molecule has 3 N–H and O–H groups in total. The molecule has 1 atom stereocenters. The summed E-state index contributed by atoms with van der Waals surface area (Å²) in [5.74, 6) is 0.0281. The van der Waals surface area contributed by atoms with Gasteiger partial charge in [0.15, 0.2) is 0 Å². The van der Waals surface area contributed by atoms with E-state index in [1.807, 2.05) is 24.0 Å². The highest BCUT2D eigenvalue weighted by molar-refractivity contribution is 6.09. The number of nitrogens with one attached hydrogen (secondary N) is 1. The highest BCUT2D eigenvalue weighted by Crippen LogP contribution is 2.25. The number of aryl methyl sites for hydroxylation is 1. The van der Waals surface area contributed by atoms with Crippen LogP contribution >= 0.6 is 24.8 Å². The molecule has 2 amide bonds. The average molecular weight is 411 g/mol. The number of carbonyl (C=O) groups excluding carboxylic acids is 2. The maximum atomic E-state index is 12.9. The third-order valence-corrected chi connectivity index (χ3v) is 4.59. The number of aromatic nitrogens is 1. The lowest BCUT2D eigenvalue weighted by atomic mass is 10.1. The van der Waals surface area contributed by atoms with Gasteiger partial charge in [-0.15, -0.1) is 24.8 Å². The number of anilines is 1. The average Bonchev–Trinajstić information content (AvgIpc) is 3.12. The fourth-order valence-corrected chi connectivity index (χ4v) is 3.08.